The minimum atomic E-state index is -0.256. The van der Waals surface area contributed by atoms with Crippen molar-refractivity contribution < 1.29 is 9.18 Å². The third kappa shape index (κ3) is 4.08. The Kier molecular flexibility index (Phi) is 5.40. The van der Waals surface area contributed by atoms with Crippen LogP contribution in [0, 0.1) is 5.82 Å². The van der Waals surface area contributed by atoms with Crippen molar-refractivity contribution >= 4 is 23.5 Å². The van der Waals surface area contributed by atoms with Gasteiger partial charge in [0, 0.05) is 24.8 Å². The maximum absolute atomic E-state index is 13.7. The van der Waals surface area contributed by atoms with Gasteiger partial charge >= 0.3 is 6.03 Å². The van der Waals surface area contributed by atoms with E-state index in [0.29, 0.717) is 23.8 Å². The van der Waals surface area contributed by atoms with Gasteiger partial charge in [-0.15, -0.1) is 0 Å². The second-order valence-corrected chi connectivity index (χ2v) is 7.13. The highest BCUT2D eigenvalue weighted by Crippen LogP contribution is 2.21. The van der Waals surface area contributed by atoms with Gasteiger partial charge in [0.2, 0.25) is 0 Å². The molecule has 3 rings (SSSR count). The zero-order valence-corrected chi connectivity index (χ0v) is 14.4. The van der Waals surface area contributed by atoms with Crippen LogP contribution in [0.1, 0.15) is 18.4 Å². The molecule has 1 fully saturated rings. The lowest BCUT2D eigenvalue weighted by Gasteiger charge is -2.30. The Bertz CT molecular complexity index is 699. The lowest BCUT2D eigenvalue weighted by molar-refractivity contribution is 0.200. The third-order valence-corrected chi connectivity index (χ3v) is 5.28. The molecule has 1 saturated heterocycles. The Morgan fingerprint density at radius 1 is 1.42 bits per heavy atom. The Morgan fingerprint density at radius 3 is 2.92 bits per heavy atom. The van der Waals surface area contributed by atoms with Crippen LogP contribution < -0.4 is 5.32 Å². The minimum absolute atomic E-state index is 0.127. The molecule has 0 aliphatic carbocycles. The topological polar surface area (TPSA) is 50.2 Å². The van der Waals surface area contributed by atoms with E-state index in [-0.39, 0.29) is 11.8 Å². The highest BCUT2D eigenvalue weighted by Gasteiger charge is 2.22. The van der Waals surface area contributed by atoms with Gasteiger partial charge in [-0.25, -0.2) is 9.18 Å². The molecule has 1 aliphatic rings. The molecule has 2 amide bonds. The molecule has 128 valence electrons. The summed E-state index contributed by atoms with van der Waals surface area (Å²) in [5.41, 5.74) is 1.18. The van der Waals surface area contributed by atoms with Gasteiger partial charge in [0.1, 0.15) is 5.82 Å². The molecule has 7 heteroatoms. The molecule has 0 spiro atoms. The van der Waals surface area contributed by atoms with Crippen LogP contribution in [0.25, 0.3) is 0 Å². The van der Waals surface area contributed by atoms with Crippen molar-refractivity contribution in [2.75, 3.05) is 23.9 Å². The first-order valence-corrected chi connectivity index (χ1v) is 9.16. The molecule has 1 aliphatic heterocycles. The molecule has 0 atom stereocenters. The van der Waals surface area contributed by atoms with E-state index in [9.17, 15) is 9.18 Å². The van der Waals surface area contributed by atoms with Crippen molar-refractivity contribution in [3.63, 3.8) is 0 Å². The molecule has 1 aromatic heterocycles. The molecule has 0 saturated carbocycles. The van der Waals surface area contributed by atoms with Gasteiger partial charge in [-0.05, 0) is 30.4 Å². The van der Waals surface area contributed by atoms with Crippen molar-refractivity contribution in [2.45, 2.75) is 25.4 Å². The lowest BCUT2D eigenvalue weighted by atomic mass is 10.1. The Balaban J connectivity index is 1.59. The van der Waals surface area contributed by atoms with E-state index in [1.54, 1.807) is 40.2 Å². The second kappa shape index (κ2) is 7.70. The molecule has 1 aromatic carbocycles. The van der Waals surface area contributed by atoms with Crippen LogP contribution in [0.4, 0.5) is 14.9 Å². The first-order valence-electron chi connectivity index (χ1n) is 8.01. The van der Waals surface area contributed by atoms with Crippen molar-refractivity contribution in [3.8, 4) is 0 Å². The molecule has 24 heavy (non-hydrogen) atoms. The zero-order chi connectivity index (χ0) is 16.9. The van der Waals surface area contributed by atoms with E-state index >= 15 is 0 Å². The molecule has 1 N–H and O–H groups in total. The summed E-state index contributed by atoms with van der Waals surface area (Å²) in [5, 5.41) is 7.05. The summed E-state index contributed by atoms with van der Waals surface area (Å²) in [6.45, 7) is 0.332. The third-order valence-electron chi connectivity index (χ3n) is 4.23. The van der Waals surface area contributed by atoms with Gasteiger partial charge in [-0.3, -0.25) is 4.68 Å². The van der Waals surface area contributed by atoms with Crippen LogP contribution >= 0.6 is 11.8 Å². The monoisotopic (exact) mass is 348 g/mol. The number of benzene rings is 1. The SMILES string of the molecule is CN(C(=O)Nc1cnn(Cc2ccccc2F)c1)C1CCSCC1. The number of nitrogens with zero attached hydrogens (tertiary/aromatic N) is 3. The quantitative estimate of drug-likeness (QED) is 0.921. The first kappa shape index (κ1) is 16.8. The standard InChI is InChI=1S/C17H21FN4OS/c1-21(15-6-8-24-9-7-15)17(23)20-14-10-19-22(12-14)11-13-4-2-3-5-16(13)18/h2-5,10,12,15H,6-9,11H2,1H3,(H,20,23). The average Bonchev–Trinajstić information content (AvgIpc) is 3.04. The predicted octanol–water partition coefficient (Wildman–Crippen LogP) is 3.43. The first-order chi connectivity index (χ1) is 11.6. The van der Waals surface area contributed by atoms with Gasteiger partial charge in [-0.2, -0.15) is 16.9 Å². The van der Waals surface area contributed by atoms with Crippen LogP contribution in [-0.2, 0) is 6.54 Å². The van der Waals surface area contributed by atoms with Crippen molar-refractivity contribution in [2.24, 2.45) is 0 Å². The van der Waals surface area contributed by atoms with Gasteiger partial charge in [-0.1, -0.05) is 18.2 Å². The number of halogens is 1. The number of thioether (sulfide) groups is 1. The number of amides is 2. The summed E-state index contributed by atoms with van der Waals surface area (Å²) in [5.74, 6) is 1.94. The number of carbonyl (C=O) groups excluding carboxylic acids is 1. The molecule has 2 aromatic rings. The molecular weight excluding hydrogens is 327 g/mol. The zero-order valence-electron chi connectivity index (χ0n) is 13.6. The van der Waals surface area contributed by atoms with E-state index in [0.717, 1.165) is 24.3 Å². The number of aromatic nitrogens is 2. The van der Waals surface area contributed by atoms with Crippen LogP contribution in [0.5, 0.6) is 0 Å². The minimum Gasteiger partial charge on any atom is -0.325 e. The molecule has 0 radical (unpaired) electrons. The fraction of sp³-hybridized carbons (Fsp3) is 0.412. The number of rotatable bonds is 4. The smallest absolute Gasteiger partial charge is 0.321 e. The molecule has 2 heterocycles. The predicted molar refractivity (Wildman–Crippen MR) is 94.9 cm³/mol. The van der Waals surface area contributed by atoms with Gasteiger partial charge in [0.15, 0.2) is 0 Å². The van der Waals surface area contributed by atoms with Crippen LogP contribution in [0.3, 0.4) is 0 Å². The lowest BCUT2D eigenvalue weighted by Crippen LogP contribution is -2.41. The number of urea groups is 1. The Morgan fingerprint density at radius 2 is 2.17 bits per heavy atom. The second-order valence-electron chi connectivity index (χ2n) is 5.90. The maximum atomic E-state index is 13.7. The molecule has 5 nitrogen and oxygen atoms in total. The maximum Gasteiger partial charge on any atom is 0.321 e. The van der Waals surface area contributed by atoms with E-state index < -0.39 is 0 Å². The summed E-state index contributed by atoms with van der Waals surface area (Å²) < 4.78 is 15.3. The summed E-state index contributed by atoms with van der Waals surface area (Å²) in [6, 6.07) is 6.77. The summed E-state index contributed by atoms with van der Waals surface area (Å²) in [7, 11) is 1.83. The summed E-state index contributed by atoms with van der Waals surface area (Å²) >= 11 is 1.93. The Labute approximate surface area is 145 Å². The fourth-order valence-electron chi connectivity index (χ4n) is 2.77. The van der Waals surface area contributed by atoms with Crippen LogP contribution in [-0.4, -0.2) is 45.3 Å². The average molecular weight is 348 g/mol. The summed E-state index contributed by atoms with van der Waals surface area (Å²) in [4.78, 5) is 14.1. The van der Waals surface area contributed by atoms with E-state index in [4.69, 9.17) is 0 Å². The number of hydrogen-bond acceptors (Lipinski definition) is 3. The number of nitrogens with one attached hydrogen (secondary N) is 1. The molecular formula is C17H21FN4OS. The fourth-order valence-corrected chi connectivity index (χ4v) is 3.85. The number of anilines is 1. The van der Waals surface area contributed by atoms with Gasteiger partial charge in [0.05, 0.1) is 18.4 Å². The largest absolute Gasteiger partial charge is 0.325 e. The van der Waals surface area contributed by atoms with E-state index in [1.807, 2.05) is 18.8 Å². The number of carbonyl (C=O) groups is 1. The summed E-state index contributed by atoms with van der Waals surface area (Å²) in [6.07, 6.45) is 5.36. The van der Waals surface area contributed by atoms with Crippen molar-refractivity contribution in [3.05, 3.63) is 48.0 Å². The highest BCUT2D eigenvalue weighted by atomic mass is 32.2. The highest BCUT2D eigenvalue weighted by molar-refractivity contribution is 7.99. The van der Waals surface area contributed by atoms with E-state index in [2.05, 4.69) is 10.4 Å². The van der Waals surface area contributed by atoms with Crippen molar-refractivity contribution in [1.29, 1.82) is 0 Å². The normalized spacial score (nSPS) is 15.2. The van der Waals surface area contributed by atoms with Gasteiger partial charge in [0.25, 0.3) is 0 Å². The molecule has 0 bridgehead atoms. The molecule has 0 unspecified atom stereocenters. The van der Waals surface area contributed by atoms with Gasteiger partial charge < -0.3 is 10.2 Å². The van der Waals surface area contributed by atoms with Crippen molar-refractivity contribution in [1.82, 2.24) is 14.7 Å². The Hall–Kier alpha value is -2.02. The van der Waals surface area contributed by atoms with Crippen LogP contribution in [0.2, 0.25) is 0 Å². The number of hydrogen-bond donors (Lipinski definition) is 1. The van der Waals surface area contributed by atoms with E-state index in [1.165, 1.54) is 6.07 Å². The van der Waals surface area contributed by atoms with Crippen LogP contribution in [0.15, 0.2) is 36.7 Å².